The Kier molecular flexibility index (Phi) is 5.19. The van der Waals surface area contributed by atoms with Gasteiger partial charge in [0, 0.05) is 36.3 Å². The minimum atomic E-state index is -0.521. The summed E-state index contributed by atoms with van der Waals surface area (Å²) in [4.78, 5) is 28.1. The van der Waals surface area contributed by atoms with E-state index in [4.69, 9.17) is 16.3 Å². The molecule has 1 aromatic rings. The molecule has 0 bridgehead atoms. The van der Waals surface area contributed by atoms with E-state index in [-0.39, 0.29) is 18.0 Å². The molecule has 0 spiro atoms. The molecule has 5 nitrogen and oxygen atoms in total. The normalized spacial score (nSPS) is 18.7. The number of carbonyl (C=O) groups excluding carboxylic acids is 2. The van der Waals surface area contributed by atoms with E-state index in [9.17, 15) is 9.59 Å². The summed E-state index contributed by atoms with van der Waals surface area (Å²) in [6, 6.07) is 6.75. The molecule has 0 aromatic heterocycles. The number of amides is 2. The number of piperazine rings is 1. The number of nitrogens with zero attached hydrogens (tertiary/aromatic N) is 2. The first-order valence-electron chi connectivity index (χ1n) is 7.72. The van der Waals surface area contributed by atoms with Crippen molar-refractivity contribution in [1.82, 2.24) is 9.80 Å². The van der Waals surface area contributed by atoms with Crippen LogP contribution in [0, 0.1) is 0 Å². The van der Waals surface area contributed by atoms with Gasteiger partial charge in [-0.05, 0) is 52.0 Å². The lowest BCUT2D eigenvalue weighted by Crippen LogP contribution is -2.56. The summed E-state index contributed by atoms with van der Waals surface area (Å²) in [5.74, 6) is -0.0441. The summed E-state index contributed by atoms with van der Waals surface area (Å²) >= 11 is 5.85. The summed E-state index contributed by atoms with van der Waals surface area (Å²) < 4.78 is 5.41. The van der Waals surface area contributed by atoms with Crippen LogP contribution in [0.2, 0.25) is 5.02 Å². The van der Waals surface area contributed by atoms with Crippen molar-refractivity contribution < 1.29 is 14.3 Å². The Morgan fingerprint density at radius 1 is 1.17 bits per heavy atom. The molecule has 23 heavy (non-hydrogen) atoms. The quantitative estimate of drug-likeness (QED) is 0.788. The molecule has 1 atom stereocenters. The van der Waals surface area contributed by atoms with Gasteiger partial charge in [-0.3, -0.25) is 4.79 Å². The van der Waals surface area contributed by atoms with E-state index in [1.54, 1.807) is 34.1 Å². The first-order chi connectivity index (χ1) is 10.7. The van der Waals surface area contributed by atoms with E-state index in [0.29, 0.717) is 30.2 Å². The minimum Gasteiger partial charge on any atom is -0.444 e. The third-order valence-corrected chi connectivity index (χ3v) is 3.89. The van der Waals surface area contributed by atoms with Gasteiger partial charge in [0.25, 0.3) is 5.91 Å². The van der Waals surface area contributed by atoms with Crippen LogP contribution in [0.1, 0.15) is 38.1 Å². The molecule has 0 N–H and O–H groups in total. The standard InChI is InChI=1S/C17H23ClN2O3/c1-12-11-19(15(21)13-5-7-14(18)8-6-13)9-10-20(12)16(22)23-17(2,3)4/h5-8,12H,9-11H2,1-4H3. The number of benzene rings is 1. The Morgan fingerprint density at radius 2 is 1.78 bits per heavy atom. The van der Waals surface area contributed by atoms with Crippen LogP contribution in [0.15, 0.2) is 24.3 Å². The van der Waals surface area contributed by atoms with Gasteiger partial charge < -0.3 is 14.5 Å². The van der Waals surface area contributed by atoms with Crippen molar-refractivity contribution in [3.8, 4) is 0 Å². The Bertz CT molecular complexity index is 580. The zero-order valence-electron chi connectivity index (χ0n) is 14.0. The fourth-order valence-corrected chi connectivity index (χ4v) is 2.63. The van der Waals surface area contributed by atoms with Crippen molar-refractivity contribution in [1.29, 1.82) is 0 Å². The fourth-order valence-electron chi connectivity index (χ4n) is 2.51. The van der Waals surface area contributed by atoms with Crippen LogP contribution in [0.3, 0.4) is 0 Å². The molecule has 1 aliphatic rings. The molecule has 2 rings (SSSR count). The van der Waals surface area contributed by atoms with Crippen LogP contribution >= 0.6 is 11.6 Å². The molecule has 1 heterocycles. The molecule has 6 heteroatoms. The average Bonchev–Trinajstić information content (AvgIpc) is 2.45. The Hall–Kier alpha value is -1.75. The van der Waals surface area contributed by atoms with Gasteiger partial charge in [-0.1, -0.05) is 11.6 Å². The van der Waals surface area contributed by atoms with Gasteiger partial charge in [-0.15, -0.1) is 0 Å². The largest absolute Gasteiger partial charge is 0.444 e. The van der Waals surface area contributed by atoms with E-state index in [1.807, 2.05) is 27.7 Å². The molecule has 0 radical (unpaired) electrons. The van der Waals surface area contributed by atoms with E-state index in [1.165, 1.54) is 0 Å². The van der Waals surface area contributed by atoms with E-state index < -0.39 is 5.60 Å². The van der Waals surface area contributed by atoms with Crippen LogP contribution in [-0.2, 0) is 4.74 Å². The van der Waals surface area contributed by atoms with Crippen molar-refractivity contribution in [2.75, 3.05) is 19.6 Å². The Balaban J connectivity index is 1.99. The van der Waals surface area contributed by atoms with Crippen molar-refractivity contribution in [3.05, 3.63) is 34.9 Å². The first-order valence-corrected chi connectivity index (χ1v) is 8.09. The SMILES string of the molecule is CC1CN(C(=O)c2ccc(Cl)cc2)CCN1C(=O)OC(C)(C)C. The van der Waals surface area contributed by atoms with E-state index in [0.717, 1.165) is 0 Å². The fraction of sp³-hybridized carbons (Fsp3) is 0.529. The molecule has 0 saturated carbocycles. The van der Waals surface area contributed by atoms with Gasteiger partial charge in [0.05, 0.1) is 0 Å². The molecule has 1 aromatic carbocycles. The van der Waals surface area contributed by atoms with Crippen LogP contribution in [0.5, 0.6) is 0 Å². The molecule has 1 aliphatic heterocycles. The summed E-state index contributed by atoms with van der Waals surface area (Å²) in [5, 5.41) is 0.602. The van der Waals surface area contributed by atoms with Crippen LogP contribution in [0.25, 0.3) is 0 Å². The molecular formula is C17H23ClN2O3. The zero-order chi connectivity index (χ0) is 17.2. The monoisotopic (exact) mass is 338 g/mol. The third-order valence-electron chi connectivity index (χ3n) is 3.63. The van der Waals surface area contributed by atoms with Gasteiger partial charge in [-0.2, -0.15) is 0 Å². The summed E-state index contributed by atoms with van der Waals surface area (Å²) in [6.07, 6.45) is -0.330. The number of halogens is 1. The predicted molar refractivity (Wildman–Crippen MR) is 89.8 cm³/mol. The number of ether oxygens (including phenoxy) is 1. The second kappa shape index (κ2) is 6.79. The first kappa shape index (κ1) is 17.6. The molecule has 2 amide bonds. The lowest BCUT2D eigenvalue weighted by molar-refractivity contribution is 0.00198. The van der Waals surface area contributed by atoms with E-state index >= 15 is 0 Å². The topological polar surface area (TPSA) is 49.9 Å². The highest BCUT2D eigenvalue weighted by Gasteiger charge is 2.32. The maximum atomic E-state index is 12.5. The smallest absolute Gasteiger partial charge is 0.410 e. The van der Waals surface area contributed by atoms with Crippen LogP contribution < -0.4 is 0 Å². The number of hydrogen-bond acceptors (Lipinski definition) is 3. The molecule has 1 fully saturated rings. The summed E-state index contributed by atoms with van der Waals surface area (Å²) in [7, 11) is 0. The highest BCUT2D eigenvalue weighted by Crippen LogP contribution is 2.18. The van der Waals surface area contributed by atoms with Crippen molar-refractivity contribution in [2.24, 2.45) is 0 Å². The van der Waals surface area contributed by atoms with Crippen molar-refractivity contribution in [3.63, 3.8) is 0 Å². The highest BCUT2D eigenvalue weighted by molar-refractivity contribution is 6.30. The van der Waals surface area contributed by atoms with E-state index in [2.05, 4.69) is 0 Å². The molecule has 1 saturated heterocycles. The Morgan fingerprint density at radius 3 is 2.30 bits per heavy atom. The van der Waals surface area contributed by atoms with Gasteiger partial charge in [0.1, 0.15) is 5.60 Å². The van der Waals surface area contributed by atoms with Gasteiger partial charge in [0.2, 0.25) is 0 Å². The van der Waals surface area contributed by atoms with Crippen molar-refractivity contribution in [2.45, 2.75) is 39.3 Å². The van der Waals surface area contributed by atoms with Crippen molar-refractivity contribution >= 4 is 23.6 Å². The second-order valence-electron chi connectivity index (χ2n) is 6.78. The van der Waals surface area contributed by atoms with Gasteiger partial charge in [0.15, 0.2) is 0 Å². The second-order valence-corrected chi connectivity index (χ2v) is 7.22. The maximum absolute atomic E-state index is 12.5. The third kappa shape index (κ3) is 4.61. The summed E-state index contributed by atoms with van der Waals surface area (Å²) in [5.41, 5.74) is 0.0832. The van der Waals surface area contributed by atoms with Gasteiger partial charge in [-0.25, -0.2) is 4.79 Å². The highest BCUT2D eigenvalue weighted by atomic mass is 35.5. The number of rotatable bonds is 1. The maximum Gasteiger partial charge on any atom is 0.410 e. The molecule has 126 valence electrons. The molecule has 0 aliphatic carbocycles. The number of carbonyl (C=O) groups is 2. The summed E-state index contributed by atoms with van der Waals surface area (Å²) in [6.45, 7) is 8.90. The lowest BCUT2D eigenvalue weighted by Gasteiger charge is -2.40. The van der Waals surface area contributed by atoms with Gasteiger partial charge >= 0.3 is 6.09 Å². The minimum absolute atomic E-state index is 0.0441. The average molecular weight is 339 g/mol. The lowest BCUT2D eigenvalue weighted by atomic mass is 10.1. The molecule has 1 unspecified atom stereocenters. The van der Waals surface area contributed by atoms with Crippen LogP contribution in [-0.4, -0.2) is 53.1 Å². The Labute approximate surface area is 142 Å². The zero-order valence-corrected chi connectivity index (χ0v) is 14.8. The predicted octanol–water partition coefficient (Wildman–Crippen LogP) is 3.42. The van der Waals surface area contributed by atoms with Crippen LogP contribution in [0.4, 0.5) is 4.79 Å². The molecular weight excluding hydrogens is 316 g/mol. The number of hydrogen-bond donors (Lipinski definition) is 0.